The Morgan fingerprint density at radius 3 is 2.55 bits per heavy atom. The topological polar surface area (TPSA) is 57.2 Å². The van der Waals surface area contributed by atoms with Crippen molar-refractivity contribution < 1.29 is 5.11 Å². The summed E-state index contributed by atoms with van der Waals surface area (Å²) in [4.78, 5) is 4.56. The number of aliphatic hydroxyl groups excluding tert-OH is 1. The van der Waals surface area contributed by atoms with Crippen LogP contribution in [0.3, 0.4) is 0 Å². The van der Waals surface area contributed by atoms with E-state index in [1.807, 2.05) is 18.2 Å². The number of rotatable bonds is 7. The van der Waals surface area contributed by atoms with Crippen molar-refractivity contribution >= 4 is 11.6 Å². The lowest BCUT2D eigenvalue weighted by Crippen LogP contribution is -2.28. The SMILES string of the molecule is CCCNc1cccc(NCC2CCCCC2CO)n1. The largest absolute Gasteiger partial charge is 0.396 e. The maximum atomic E-state index is 9.45. The molecule has 1 aliphatic carbocycles. The zero-order chi connectivity index (χ0) is 14.2. The van der Waals surface area contributed by atoms with Gasteiger partial charge in [0.25, 0.3) is 0 Å². The first-order chi connectivity index (χ1) is 9.83. The highest BCUT2D eigenvalue weighted by molar-refractivity contribution is 5.45. The van der Waals surface area contributed by atoms with E-state index < -0.39 is 0 Å². The fourth-order valence-electron chi connectivity index (χ4n) is 2.91. The molecule has 0 amide bonds. The van der Waals surface area contributed by atoms with E-state index in [0.717, 1.165) is 37.6 Å². The van der Waals surface area contributed by atoms with E-state index in [-0.39, 0.29) is 0 Å². The van der Waals surface area contributed by atoms with Crippen LogP contribution in [0.15, 0.2) is 18.2 Å². The van der Waals surface area contributed by atoms with Crippen molar-refractivity contribution in [3.05, 3.63) is 18.2 Å². The molecule has 112 valence electrons. The Kier molecular flexibility index (Phi) is 6.12. The van der Waals surface area contributed by atoms with Gasteiger partial charge in [-0.1, -0.05) is 25.8 Å². The van der Waals surface area contributed by atoms with Gasteiger partial charge in [0.15, 0.2) is 0 Å². The third-order valence-electron chi connectivity index (χ3n) is 4.15. The fourth-order valence-corrected chi connectivity index (χ4v) is 2.91. The molecule has 1 heterocycles. The highest BCUT2D eigenvalue weighted by atomic mass is 16.3. The zero-order valence-corrected chi connectivity index (χ0v) is 12.4. The third kappa shape index (κ3) is 4.37. The molecule has 1 aromatic rings. The van der Waals surface area contributed by atoms with Crippen molar-refractivity contribution in [1.29, 1.82) is 0 Å². The van der Waals surface area contributed by atoms with Crippen LogP contribution >= 0.6 is 0 Å². The summed E-state index contributed by atoms with van der Waals surface area (Å²) in [5.74, 6) is 2.88. The van der Waals surface area contributed by atoms with Gasteiger partial charge in [0.2, 0.25) is 0 Å². The van der Waals surface area contributed by atoms with Gasteiger partial charge >= 0.3 is 0 Å². The quantitative estimate of drug-likeness (QED) is 0.717. The van der Waals surface area contributed by atoms with E-state index >= 15 is 0 Å². The lowest BCUT2D eigenvalue weighted by atomic mass is 9.79. The maximum Gasteiger partial charge on any atom is 0.128 e. The predicted molar refractivity (Wildman–Crippen MR) is 84.0 cm³/mol. The predicted octanol–water partition coefficient (Wildman–Crippen LogP) is 3.11. The summed E-state index contributed by atoms with van der Waals surface area (Å²) in [5.41, 5.74) is 0. The van der Waals surface area contributed by atoms with Gasteiger partial charge in [0, 0.05) is 19.7 Å². The third-order valence-corrected chi connectivity index (χ3v) is 4.15. The van der Waals surface area contributed by atoms with Crippen LogP contribution < -0.4 is 10.6 Å². The van der Waals surface area contributed by atoms with Crippen LogP contribution in [0.2, 0.25) is 0 Å². The van der Waals surface area contributed by atoms with E-state index in [1.165, 1.54) is 19.3 Å². The Labute approximate surface area is 122 Å². The van der Waals surface area contributed by atoms with Crippen LogP contribution in [0.4, 0.5) is 11.6 Å². The Bertz CT molecular complexity index is 397. The summed E-state index contributed by atoms with van der Waals surface area (Å²) in [5, 5.41) is 16.2. The molecule has 0 radical (unpaired) electrons. The lowest BCUT2D eigenvalue weighted by molar-refractivity contribution is 0.141. The lowest BCUT2D eigenvalue weighted by Gasteiger charge is -2.30. The van der Waals surface area contributed by atoms with Gasteiger partial charge < -0.3 is 15.7 Å². The second kappa shape index (κ2) is 8.10. The minimum absolute atomic E-state index is 0.317. The normalized spacial score (nSPS) is 22.5. The van der Waals surface area contributed by atoms with Gasteiger partial charge in [-0.2, -0.15) is 0 Å². The van der Waals surface area contributed by atoms with Crippen molar-refractivity contribution in [3.8, 4) is 0 Å². The van der Waals surface area contributed by atoms with Crippen molar-refractivity contribution in [2.45, 2.75) is 39.0 Å². The summed E-state index contributed by atoms with van der Waals surface area (Å²) in [6.45, 7) is 4.33. The summed E-state index contributed by atoms with van der Waals surface area (Å²) in [7, 11) is 0. The first-order valence-corrected chi connectivity index (χ1v) is 7.89. The van der Waals surface area contributed by atoms with Crippen molar-refractivity contribution in [3.63, 3.8) is 0 Å². The van der Waals surface area contributed by atoms with Gasteiger partial charge in [-0.05, 0) is 43.2 Å². The summed E-state index contributed by atoms with van der Waals surface area (Å²) < 4.78 is 0. The molecular formula is C16H27N3O. The van der Waals surface area contributed by atoms with Crippen LogP contribution in [0.1, 0.15) is 39.0 Å². The summed E-state index contributed by atoms with van der Waals surface area (Å²) in [6.07, 6.45) is 6.02. The zero-order valence-electron chi connectivity index (χ0n) is 12.4. The molecule has 3 N–H and O–H groups in total. The van der Waals surface area contributed by atoms with Crippen molar-refractivity contribution in [1.82, 2.24) is 4.98 Å². The number of anilines is 2. The number of aliphatic hydroxyl groups is 1. The number of hydrogen-bond donors (Lipinski definition) is 3. The maximum absolute atomic E-state index is 9.45. The standard InChI is InChI=1S/C16H27N3O/c1-2-10-17-15-8-5-9-16(19-15)18-11-13-6-3-4-7-14(13)12-20/h5,8-9,13-14,20H,2-4,6-7,10-12H2,1H3,(H2,17,18,19). The van der Waals surface area contributed by atoms with E-state index in [2.05, 4.69) is 22.5 Å². The average molecular weight is 277 g/mol. The van der Waals surface area contributed by atoms with Gasteiger partial charge in [-0.3, -0.25) is 0 Å². The van der Waals surface area contributed by atoms with Crippen molar-refractivity contribution in [2.24, 2.45) is 11.8 Å². The molecule has 20 heavy (non-hydrogen) atoms. The molecule has 0 bridgehead atoms. The first kappa shape index (κ1) is 15.1. The Morgan fingerprint density at radius 2 is 1.85 bits per heavy atom. The van der Waals surface area contributed by atoms with Crippen LogP contribution in [0.25, 0.3) is 0 Å². The molecule has 0 aliphatic heterocycles. The van der Waals surface area contributed by atoms with Crippen LogP contribution in [-0.4, -0.2) is 29.8 Å². The summed E-state index contributed by atoms with van der Waals surface area (Å²) >= 11 is 0. The molecule has 0 saturated heterocycles. The van der Waals surface area contributed by atoms with Gasteiger partial charge in [0.05, 0.1) is 0 Å². The Morgan fingerprint density at radius 1 is 1.15 bits per heavy atom. The van der Waals surface area contributed by atoms with Crippen LogP contribution in [0, 0.1) is 11.8 Å². The fraction of sp³-hybridized carbons (Fsp3) is 0.688. The monoisotopic (exact) mass is 277 g/mol. The highest BCUT2D eigenvalue weighted by Crippen LogP contribution is 2.29. The van der Waals surface area contributed by atoms with Gasteiger partial charge in [-0.25, -0.2) is 4.98 Å². The molecule has 1 fully saturated rings. The minimum Gasteiger partial charge on any atom is -0.396 e. The number of hydrogen-bond acceptors (Lipinski definition) is 4. The molecular weight excluding hydrogens is 250 g/mol. The van der Waals surface area contributed by atoms with E-state index in [1.54, 1.807) is 0 Å². The first-order valence-electron chi connectivity index (χ1n) is 7.89. The van der Waals surface area contributed by atoms with Crippen LogP contribution in [-0.2, 0) is 0 Å². The van der Waals surface area contributed by atoms with E-state index in [4.69, 9.17) is 0 Å². The number of pyridine rings is 1. The molecule has 0 aromatic carbocycles. The molecule has 2 atom stereocenters. The molecule has 2 rings (SSSR count). The molecule has 1 saturated carbocycles. The van der Waals surface area contributed by atoms with Gasteiger partial charge in [-0.15, -0.1) is 0 Å². The average Bonchev–Trinajstić information content (AvgIpc) is 2.51. The molecule has 4 heteroatoms. The second-order valence-corrected chi connectivity index (χ2v) is 5.70. The molecule has 4 nitrogen and oxygen atoms in total. The molecule has 1 aliphatic rings. The smallest absolute Gasteiger partial charge is 0.128 e. The van der Waals surface area contributed by atoms with Gasteiger partial charge in [0.1, 0.15) is 11.6 Å². The minimum atomic E-state index is 0.317. The van der Waals surface area contributed by atoms with Crippen LogP contribution in [0.5, 0.6) is 0 Å². The van der Waals surface area contributed by atoms with Crippen molar-refractivity contribution in [2.75, 3.05) is 30.3 Å². The molecule has 1 aromatic heterocycles. The number of aromatic nitrogens is 1. The molecule has 0 spiro atoms. The highest BCUT2D eigenvalue weighted by Gasteiger charge is 2.24. The number of nitrogens with one attached hydrogen (secondary N) is 2. The Hall–Kier alpha value is -1.29. The van der Waals surface area contributed by atoms with E-state index in [0.29, 0.717) is 18.4 Å². The summed E-state index contributed by atoms with van der Waals surface area (Å²) in [6, 6.07) is 6.03. The second-order valence-electron chi connectivity index (χ2n) is 5.70. The Balaban J connectivity index is 1.86. The molecule has 2 unspecified atom stereocenters. The number of nitrogens with zero attached hydrogens (tertiary/aromatic N) is 1. The van der Waals surface area contributed by atoms with E-state index in [9.17, 15) is 5.11 Å².